The van der Waals surface area contributed by atoms with Gasteiger partial charge in [0.05, 0.1) is 18.8 Å². The van der Waals surface area contributed by atoms with Gasteiger partial charge in [-0.15, -0.1) is 0 Å². The van der Waals surface area contributed by atoms with Crippen molar-refractivity contribution < 1.29 is 14.6 Å². The molecule has 0 aliphatic carbocycles. The fourth-order valence-electron chi connectivity index (χ4n) is 1.98. The van der Waals surface area contributed by atoms with Gasteiger partial charge < -0.3 is 15.5 Å². The van der Waals surface area contributed by atoms with Crippen molar-refractivity contribution in [3.63, 3.8) is 0 Å². The van der Waals surface area contributed by atoms with Gasteiger partial charge in [-0.2, -0.15) is 0 Å². The van der Waals surface area contributed by atoms with Crippen LogP contribution < -0.4 is 5.32 Å². The zero-order valence-electron chi connectivity index (χ0n) is 11.0. The third-order valence-corrected chi connectivity index (χ3v) is 3.42. The largest absolute Gasteiger partial charge is 0.394 e. The summed E-state index contributed by atoms with van der Waals surface area (Å²) in [5.74, 6) is -0.275. The molecule has 1 atom stereocenters. The Balaban J connectivity index is 2.90. The average molecular weight is 255 g/mol. The number of aliphatic hydroxyl groups excluding tert-OH is 2. The Morgan fingerprint density at radius 3 is 2.39 bits per heavy atom. The zero-order chi connectivity index (χ0) is 13.6. The highest BCUT2D eigenvalue weighted by Gasteiger charge is 2.29. The lowest BCUT2D eigenvalue weighted by Gasteiger charge is -2.34. The first-order valence-electron chi connectivity index (χ1n) is 6.35. The van der Waals surface area contributed by atoms with Crippen LogP contribution in [0.3, 0.4) is 0 Å². The van der Waals surface area contributed by atoms with Crippen molar-refractivity contribution in [2.45, 2.75) is 38.3 Å². The van der Waals surface area contributed by atoms with Crippen molar-refractivity contribution >= 4 is 0 Å². The Labute approximate surface area is 108 Å². The van der Waals surface area contributed by atoms with Gasteiger partial charge in [-0.3, -0.25) is 0 Å². The van der Waals surface area contributed by atoms with Gasteiger partial charge in [-0.05, 0) is 30.5 Å². The van der Waals surface area contributed by atoms with E-state index in [1.54, 1.807) is 6.07 Å². The van der Waals surface area contributed by atoms with Gasteiger partial charge in [0.1, 0.15) is 5.82 Å². The van der Waals surface area contributed by atoms with E-state index in [2.05, 4.69) is 5.32 Å². The highest BCUT2D eigenvalue weighted by atomic mass is 19.1. The SMILES string of the molecule is CCC(NC(CC)(CO)CO)c1cccc(F)c1. The molecule has 3 nitrogen and oxygen atoms in total. The average Bonchev–Trinajstić information content (AvgIpc) is 2.41. The Morgan fingerprint density at radius 2 is 1.94 bits per heavy atom. The summed E-state index contributed by atoms with van der Waals surface area (Å²) in [6.45, 7) is 3.59. The molecule has 0 radical (unpaired) electrons. The molecule has 0 saturated carbocycles. The highest BCUT2D eigenvalue weighted by Crippen LogP contribution is 2.22. The van der Waals surface area contributed by atoms with E-state index in [0.29, 0.717) is 6.42 Å². The Kier molecular flexibility index (Phi) is 5.72. The van der Waals surface area contributed by atoms with Gasteiger partial charge in [0.2, 0.25) is 0 Å². The molecule has 102 valence electrons. The van der Waals surface area contributed by atoms with Crippen molar-refractivity contribution in [1.82, 2.24) is 5.32 Å². The molecule has 0 aromatic heterocycles. The summed E-state index contributed by atoms with van der Waals surface area (Å²) in [6, 6.07) is 6.32. The topological polar surface area (TPSA) is 52.5 Å². The molecule has 18 heavy (non-hydrogen) atoms. The molecular weight excluding hydrogens is 233 g/mol. The number of hydrogen-bond acceptors (Lipinski definition) is 3. The summed E-state index contributed by atoms with van der Waals surface area (Å²) >= 11 is 0. The summed E-state index contributed by atoms with van der Waals surface area (Å²) in [5.41, 5.74) is 0.115. The molecule has 0 spiro atoms. The standard InChI is InChI=1S/C14H22FNO2/c1-3-13(11-6-5-7-12(15)8-11)16-14(4-2,9-17)10-18/h5-8,13,16-18H,3-4,9-10H2,1-2H3. The molecule has 3 N–H and O–H groups in total. The van der Waals surface area contributed by atoms with E-state index in [9.17, 15) is 14.6 Å². The predicted octanol–water partition coefficient (Wildman–Crippen LogP) is 2.00. The minimum atomic E-state index is -0.715. The van der Waals surface area contributed by atoms with E-state index in [-0.39, 0.29) is 25.1 Å². The number of benzene rings is 1. The first-order valence-corrected chi connectivity index (χ1v) is 6.35. The van der Waals surface area contributed by atoms with Crippen LogP contribution in [0.5, 0.6) is 0 Å². The van der Waals surface area contributed by atoms with Gasteiger partial charge in [-0.1, -0.05) is 26.0 Å². The van der Waals surface area contributed by atoms with Gasteiger partial charge in [0.25, 0.3) is 0 Å². The first kappa shape index (κ1) is 15.1. The predicted molar refractivity (Wildman–Crippen MR) is 69.8 cm³/mol. The van der Waals surface area contributed by atoms with E-state index < -0.39 is 5.54 Å². The summed E-state index contributed by atoms with van der Waals surface area (Å²) in [5, 5.41) is 22.1. The third-order valence-electron chi connectivity index (χ3n) is 3.42. The molecule has 0 fully saturated rings. The van der Waals surface area contributed by atoms with Crippen molar-refractivity contribution in [2.24, 2.45) is 0 Å². The molecule has 0 bridgehead atoms. The normalized spacial score (nSPS) is 13.6. The van der Waals surface area contributed by atoms with E-state index >= 15 is 0 Å². The molecule has 1 aromatic rings. The van der Waals surface area contributed by atoms with E-state index in [1.165, 1.54) is 12.1 Å². The molecular formula is C14H22FNO2. The van der Waals surface area contributed by atoms with Gasteiger partial charge in [-0.25, -0.2) is 4.39 Å². The zero-order valence-corrected chi connectivity index (χ0v) is 11.0. The number of rotatable bonds is 7. The van der Waals surface area contributed by atoms with Crippen molar-refractivity contribution in [2.75, 3.05) is 13.2 Å². The van der Waals surface area contributed by atoms with Crippen molar-refractivity contribution in [3.8, 4) is 0 Å². The van der Waals surface area contributed by atoms with Gasteiger partial charge in [0.15, 0.2) is 0 Å². The van der Waals surface area contributed by atoms with Gasteiger partial charge in [0, 0.05) is 6.04 Å². The van der Waals surface area contributed by atoms with Crippen LogP contribution >= 0.6 is 0 Å². The Hall–Kier alpha value is -0.970. The monoisotopic (exact) mass is 255 g/mol. The van der Waals surface area contributed by atoms with Crippen LogP contribution in [0.1, 0.15) is 38.3 Å². The molecule has 0 heterocycles. The molecule has 1 aromatic carbocycles. The quantitative estimate of drug-likeness (QED) is 0.698. The number of aliphatic hydroxyl groups is 2. The van der Waals surface area contributed by atoms with Crippen LogP contribution in [0.2, 0.25) is 0 Å². The second kappa shape index (κ2) is 6.83. The lowest BCUT2D eigenvalue weighted by molar-refractivity contribution is 0.0768. The lowest BCUT2D eigenvalue weighted by Crippen LogP contribution is -2.52. The van der Waals surface area contributed by atoms with Crippen LogP contribution in [0, 0.1) is 5.82 Å². The fourth-order valence-corrected chi connectivity index (χ4v) is 1.98. The maximum Gasteiger partial charge on any atom is 0.123 e. The molecule has 1 unspecified atom stereocenters. The van der Waals surface area contributed by atoms with E-state index in [1.807, 2.05) is 19.9 Å². The molecule has 0 saturated heterocycles. The number of halogens is 1. The van der Waals surface area contributed by atoms with Crippen molar-refractivity contribution in [1.29, 1.82) is 0 Å². The summed E-state index contributed by atoms with van der Waals surface area (Å²) < 4.78 is 13.2. The highest BCUT2D eigenvalue weighted by molar-refractivity contribution is 5.20. The molecule has 0 amide bonds. The summed E-state index contributed by atoms with van der Waals surface area (Å²) in [7, 11) is 0. The first-order chi connectivity index (χ1) is 8.60. The van der Waals surface area contributed by atoms with E-state index in [0.717, 1.165) is 12.0 Å². The van der Waals surface area contributed by atoms with Gasteiger partial charge >= 0.3 is 0 Å². The smallest absolute Gasteiger partial charge is 0.123 e. The molecule has 0 aliphatic heterocycles. The van der Waals surface area contributed by atoms with E-state index in [4.69, 9.17) is 0 Å². The molecule has 4 heteroatoms. The number of nitrogens with one attached hydrogen (secondary N) is 1. The maximum absolute atomic E-state index is 13.2. The summed E-state index contributed by atoms with van der Waals surface area (Å²) in [4.78, 5) is 0. The van der Waals surface area contributed by atoms with Crippen LogP contribution in [0.4, 0.5) is 4.39 Å². The Bertz CT molecular complexity index is 358. The Morgan fingerprint density at radius 1 is 1.28 bits per heavy atom. The lowest BCUT2D eigenvalue weighted by atomic mass is 9.94. The van der Waals surface area contributed by atoms with Crippen LogP contribution in [0.15, 0.2) is 24.3 Å². The van der Waals surface area contributed by atoms with Crippen LogP contribution in [-0.2, 0) is 0 Å². The minimum Gasteiger partial charge on any atom is -0.394 e. The second-order valence-corrected chi connectivity index (χ2v) is 4.61. The van der Waals surface area contributed by atoms with Crippen LogP contribution in [-0.4, -0.2) is 29.0 Å². The minimum absolute atomic E-state index is 0.0834. The number of hydrogen-bond donors (Lipinski definition) is 3. The third kappa shape index (κ3) is 3.51. The molecule has 0 aliphatic rings. The second-order valence-electron chi connectivity index (χ2n) is 4.61. The summed E-state index contributed by atoms with van der Waals surface area (Å²) in [6.07, 6.45) is 1.36. The van der Waals surface area contributed by atoms with Crippen LogP contribution in [0.25, 0.3) is 0 Å². The molecule has 1 rings (SSSR count). The maximum atomic E-state index is 13.2. The fraction of sp³-hybridized carbons (Fsp3) is 0.571. The van der Waals surface area contributed by atoms with Crippen molar-refractivity contribution in [3.05, 3.63) is 35.6 Å².